The van der Waals surface area contributed by atoms with E-state index in [1.54, 1.807) is 6.07 Å². The number of esters is 1. The fraction of sp³-hybridized carbons (Fsp3) is 0.0476. The van der Waals surface area contributed by atoms with Gasteiger partial charge in [0.2, 0.25) is 5.90 Å². The number of hydrogen-bond acceptors (Lipinski definition) is 6. The van der Waals surface area contributed by atoms with E-state index in [1.807, 2.05) is 42.5 Å². The Kier molecular flexibility index (Phi) is 4.33. The van der Waals surface area contributed by atoms with Gasteiger partial charge in [-0.3, -0.25) is 10.1 Å². The van der Waals surface area contributed by atoms with Gasteiger partial charge in [0.25, 0.3) is 0 Å². The largest absolute Gasteiger partial charge is 0.490 e. The molecule has 0 aliphatic carbocycles. The lowest BCUT2D eigenvalue weighted by atomic mass is 10.1. The second-order valence-electron chi connectivity index (χ2n) is 6.09. The first kappa shape index (κ1) is 17.4. The van der Waals surface area contributed by atoms with Crippen LogP contribution < -0.4 is 4.74 Å². The van der Waals surface area contributed by atoms with Gasteiger partial charge in [0.1, 0.15) is 0 Å². The number of nitrogens with zero attached hydrogens (tertiary/aromatic N) is 2. The number of methoxy groups -OCH3 is 1. The molecule has 1 heterocycles. The van der Waals surface area contributed by atoms with Crippen LogP contribution in [0.4, 0.5) is 5.69 Å². The molecule has 138 valence electrons. The zero-order chi connectivity index (χ0) is 19.7. The zero-order valence-electron chi connectivity index (χ0n) is 14.8. The van der Waals surface area contributed by atoms with Gasteiger partial charge in [0.05, 0.1) is 12.0 Å². The summed E-state index contributed by atoms with van der Waals surface area (Å²) in [5.74, 6) is -0.270. The first-order valence-corrected chi connectivity index (χ1v) is 8.39. The molecule has 1 aliphatic rings. The van der Waals surface area contributed by atoms with Crippen molar-refractivity contribution in [1.82, 2.24) is 0 Å². The molecule has 0 spiro atoms. The molecule has 1 aliphatic heterocycles. The molecule has 0 radical (unpaired) electrons. The molecule has 0 N–H and O–H groups in total. The minimum Gasteiger partial charge on any atom is -0.490 e. The van der Waals surface area contributed by atoms with Crippen LogP contribution in [0.15, 0.2) is 71.4 Å². The number of cyclic esters (lactones) is 1. The predicted molar refractivity (Wildman–Crippen MR) is 104 cm³/mol. The molecule has 0 amide bonds. The van der Waals surface area contributed by atoms with Crippen LogP contribution in [0.5, 0.6) is 5.75 Å². The van der Waals surface area contributed by atoms with Gasteiger partial charge in [0.15, 0.2) is 11.4 Å². The van der Waals surface area contributed by atoms with Gasteiger partial charge in [-0.25, -0.2) is 9.79 Å². The third kappa shape index (κ3) is 3.21. The molecule has 0 fully saturated rings. The van der Waals surface area contributed by atoms with Crippen LogP contribution in [0.25, 0.3) is 16.8 Å². The topological polar surface area (TPSA) is 91.0 Å². The maximum Gasteiger partial charge on any atom is 0.363 e. The van der Waals surface area contributed by atoms with Crippen molar-refractivity contribution >= 4 is 34.4 Å². The lowest BCUT2D eigenvalue weighted by Gasteiger charge is -2.02. The zero-order valence-corrected chi connectivity index (χ0v) is 14.8. The van der Waals surface area contributed by atoms with E-state index in [2.05, 4.69) is 4.99 Å². The summed E-state index contributed by atoms with van der Waals surface area (Å²) < 4.78 is 10.3. The standard InChI is InChI=1S/C21H14N2O5/c1-27-19-9-6-13(11-18(19)23(25)26)10-17-21(24)28-20(22-17)16-8-7-14-4-2-3-5-15(14)12-16/h2-12H,1H3/b17-10-. The number of nitro benzene ring substituents is 1. The van der Waals surface area contributed by atoms with Crippen molar-refractivity contribution in [3.8, 4) is 5.75 Å². The summed E-state index contributed by atoms with van der Waals surface area (Å²) in [5, 5.41) is 13.2. The molecule has 0 saturated heterocycles. The van der Waals surface area contributed by atoms with Crippen LogP contribution in [0.3, 0.4) is 0 Å². The first-order chi connectivity index (χ1) is 13.5. The van der Waals surface area contributed by atoms with E-state index in [1.165, 1.54) is 25.3 Å². The number of aliphatic imine (C=N–C) groups is 1. The summed E-state index contributed by atoms with van der Waals surface area (Å²) in [4.78, 5) is 27.1. The third-order valence-electron chi connectivity index (χ3n) is 4.32. The number of nitro groups is 1. The molecule has 7 nitrogen and oxygen atoms in total. The highest BCUT2D eigenvalue weighted by Gasteiger charge is 2.25. The Morgan fingerprint density at radius 2 is 1.86 bits per heavy atom. The maximum absolute atomic E-state index is 12.2. The van der Waals surface area contributed by atoms with E-state index in [4.69, 9.17) is 9.47 Å². The van der Waals surface area contributed by atoms with Gasteiger partial charge >= 0.3 is 11.7 Å². The molecule has 3 aromatic carbocycles. The van der Waals surface area contributed by atoms with Gasteiger partial charge in [-0.15, -0.1) is 0 Å². The van der Waals surface area contributed by atoms with Crippen molar-refractivity contribution in [1.29, 1.82) is 0 Å². The third-order valence-corrected chi connectivity index (χ3v) is 4.32. The minimum atomic E-state index is -0.610. The monoisotopic (exact) mass is 374 g/mol. The summed E-state index contributed by atoms with van der Waals surface area (Å²) in [6.07, 6.45) is 1.45. The highest BCUT2D eigenvalue weighted by Crippen LogP contribution is 2.29. The molecule has 3 aromatic rings. The van der Waals surface area contributed by atoms with Crippen molar-refractivity contribution < 1.29 is 19.2 Å². The summed E-state index contributed by atoms with van der Waals surface area (Å²) in [6.45, 7) is 0. The maximum atomic E-state index is 12.2. The molecule has 7 heteroatoms. The molecule has 28 heavy (non-hydrogen) atoms. The van der Waals surface area contributed by atoms with E-state index in [0.717, 1.165) is 10.8 Å². The summed E-state index contributed by atoms with van der Waals surface area (Å²) >= 11 is 0. The second-order valence-corrected chi connectivity index (χ2v) is 6.09. The van der Waals surface area contributed by atoms with Gasteiger partial charge in [0, 0.05) is 11.6 Å². The van der Waals surface area contributed by atoms with Crippen LogP contribution in [0.1, 0.15) is 11.1 Å². The van der Waals surface area contributed by atoms with Crippen LogP contribution in [0, 0.1) is 10.1 Å². The smallest absolute Gasteiger partial charge is 0.363 e. The fourth-order valence-electron chi connectivity index (χ4n) is 2.95. The Bertz CT molecular complexity index is 1180. The summed E-state index contributed by atoms with van der Waals surface area (Å²) in [5.41, 5.74) is 1.00. The van der Waals surface area contributed by atoms with Crippen molar-refractivity contribution in [2.75, 3.05) is 7.11 Å². The van der Waals surface area contributed by atoms with Gasteiger partial charge in [-0.2, -0.15) is 0 Å². The molecule has 0 saturated carbocycles. The number of carbonyl (C=O) groups is 1. The van der Waals surface area contributed by atoms with Gasteiger partial charge in [-0.1, -0.05) is 36.4 Å². The molecule has 4 rings (SSSR count). The van der Waals surface area contributed by atoms with Gasteiger partial charge in [-0.05, 0) is 40.6 Å². The van der Waals surface area contributed by atoms with E-state index < -0.39 is 10.9 Å². The van der Waals surface area contributed by atoms with E-state index >= 15 is 0 Å². The van der Waals surface area contributed by atoms with Crippen LogP contribution in [-0.2, 0) is 9.53 Å². The van der Waals surface area contributed by atoms with E-state index in [0.29, 0.717) is 11.1 Å². The second kappa shape index (κ2) is 6.96. The lowest BCUT2D eigenvalue weighted by molar-refractivity contribution is -0.385. The Hall–Kier alpha value is -4.00. The average molecular weight is 374 g/mol. The van der Waals surface area contributed by atoms with Crippen LogP contribution in [-0.4, -0.2) is 23.9 Å². The number of rotatable bonds is 4. The van der Waals surface area contributed by atoms with E-state index in [-0.39, 0.29) is 23.0 Å². The Morgan fingerprint density at radius 1 is 1.07 bits per heavy atom. The number of benzene rings is 3. The molecule has 0 atom stereocenters. The SMILES string of the molecule is COc1ccc(/C=C2\N=C(c3ccc4ccccc4c3)OC2=O)cc1[N+](=O)[O-]. The lowest BCUT2D eigenvalue weighted by Crippen LogP contribution is -2.05. The first-order valence-electron chi connectivity index (χ1n) is 8.39. The predicted octanol–water partition coefficient (Wildman–Crippen LogP) is 4.10. The Labute approximate surface area is 159 Å². The fourth-order valence-corrected chi connectivity index (χ4v) is 2.95. The minimum absolute atomic E-state index is 0.0719. The van der Waals surface area contributed by atoms with Crippen molar-refractivity contribution in [2.45, 2.75) is 0 Å². The highest BCUT2D eigenvalue weighted by molar-refractivity contribution is 6.13. The number of ether oxygens (including phenoxy) is 2. The highest BCUT2D eigenvalue weighted by atomic mass is 16.6. The molecule has 0 unspecified atom stereocenters. The van der Waals surface area contributed by atoms with E-state index in [9.17, 15) is 14.9 Å². The van der Waals surface area contributed by atoms with Crippen LogP contribution >= 0.6 is 0 Å². The molecule has 0 aromatic heterocycles. The number of hydrogen-bond donors (Lipinski definition) is 0. The molecule has 0 bridgehead atoms. The quantitative estimate of drug-likeness (QED) is 0.297. The normalized spacial score (nSPS) is 14.8. The summed E-state index contributed by atoms with van der Waals surface area (Å²) in [7, 11) is 1.36. The Morgan fingerprint density at radius 3 is 2.61 bits per heavy atom. The van der Waals surface area contributed by atoms with Crippen LogP contribution in [0.2, 0.25) is 0 Å². The Balaban J connectivity index is 1.70. The number of fused-ring (bicyclic) bond motifs is 1. The van der Waals surface area contributed by atoms with Crippen molar-refractivity contribution in [3.05, 3.63) is 87.6 Å². The molecular weight excluding hydrogens is 360 g/mol. The van der Waals surface area contributed by atoms with Gasteiger partial charge < -0.3 is 9.47 Å². The number of carbonyl (C=O) groups excluding carboxylic acids is 1. The average Bonchev–Trinajstić information content (AvgIpc) is 3.07. The van der Waals surface area contributed by atoms with Crippen molar-refractivity contribution in [3.63, 3.8) is 0 Å². The van der Waals surface area contributed by atoms with Crippen molar-refractivity contribution in [2.24, 2.45) is 4.99 Å². The summed E-state index contributed by atoms with van der Waals surface area (Å²) in [6, 6.07) is 17.9. The molecular formula is C21H14N2O5.